The second-order valence-electron chi connectivity index (χ2n) is 7.19. The van der Waals surface area contributed by atoms with Gasteiger partial charge in [-0.05, 0) is 93.0 Å². The summed E-state index contributed by atoms with van der Waals surface area (Å²) in [7, 11) is 0. The topological polar surface area (TPSA) is 95.2 Å². The van der Waals surface area contributed by atoms with Crippen LogP contribution in [-0.4, -0.2) is 0 Å². The van der Waals surface area contributed by atoms with E-state index >= 15 is 0 Å². The van der Waals surface area contributed by atoms with Crippen LogP contribution in [0.15, 0.2) is 59.7 Å². The molecule has 5 rings (SSSR count). The summed E-state index contributed by atoms with van der Waals surface area (Å²) in [6, 6.07) is 24.5. The number of allylic oxidation sites excluding steroid dienone is 2. The van der Waals surface area contributed by atoms with E-state index in [4.69, 9.17) is 21.0 Å². The van der Waals surface area contributed by atoms with Gasteiger partial charge in [-0.25, -0.2) is 0 Å². The lowest BCUT2D eigenvalue weighted by atomic mass is 10.0. The lowest BCUT2D eigenvalue weighted by Gasteiger charge is -2.04. The summed E-state index contributed by atoms with van der Waals surface area (Å²) >= 11 is 3.11. The van der Waals surface area contributed by atoms with E-state index in [0.717, 1.165) is 51.5 Å². The Balaban J connectivity index is 1.66. The van der Waals surface area contributed by atoms with Gasteiger partial charge in [0.15, 0.2) is 0 Å². The number of rotatable bonds is 2. The van der Waals surface area contributed by atoms with Gasteiger partial charge < -0.3 is 0 Å². The van der Waals surface area contributed by atoms with Crippen molar-refractivity contribution in [3.8, 4) is 24.3 Å². The number of thiophene rings is 2. The van der Waals surface area contributed by atoms with E-state index in [9.17, 15) is 0 Å². The van der Waals surface area contributed by atoms with Gasteiger partial charge in [0.25, 0.3) is 0 Å². The van der Waals surface area contributed by atoms with Crippen LogP contribution in [0.1, 0.15) is 9.75 Å². The van der Waals surface area contributed by atoms with Crippen LogP contribution >= 0.6 is 22.7 Å². The highest BCUT2D eigenvalue weighted by Crippen LogP contribution is 2.36. The lowest BCUT2D eigenvalue weighted by Crippen LogP contribution is -1.77. The number of hydrogen-bond acceptors (Lipinski definition) is 6. The molecule has 0 bridgehead atoms. The van der Waals surface area contributed by atoms with Crippen molar-refractivity contribution in [2.24, 2.45) is 0 Å². The first kappa shape index (κ1) is 19.5. The van der Waals surface area contributed by atoms with Crippen molar-refractivity contribution in [3.05, 3.63) is 69.4 Å². The molecular weight excluding hydrogens is 432 g/mol. The Kier molecular flexibility index (Phi) is 4.67. The fraction of sp³-hybridized carbons (Fsp3) is 0. The standard InChI is InChI=1S/C26H10N4S2/c27-11-15(12-28)1-23-7-21-5-17-3-20-10-26-22(8-24(32-26)2-16(13-29)14-30)6-18(20)4-19(17)9-25(21)31-23/h1-10H. The highest BCUT2D eigenvalue weighted by atomic mass is 32.1. The molecule has 0 radical (unpaired) electrons. The fourth-order valence-corrected chi connectivity index (χ4v) is 5.80. The largest absolute Gasteiger partial charge is 0.192 e. The minimum absolute atomic E-state index is 0.0952. The molecule has 0 aliphatic rings. The van der Waals surface area contributed by atoms with Crippen molar-refractivity contribution in [3.63, 3.8) is 0 Å². The van der Waals surface area contributed by atoms with E-state index in [-0.39, 0.29) is 11.1 Å². The summed E-state index contributed by atoms with van der Waals surface area (Å²) in [5.41, 5.74) is 0.190. The molecule has 0 amide bonds. The summed E-state index contributed by atoms with van der Waals surface area (Å²) in [5.74, 6) is 0. The van der Waals surface area contributed by atoms with Crippen LogP contribution in [0.3, 0.4) is 0 Å². The number of nitriles is 4. The summed E-state index contributed by atoms with van der Waals surface area (Å²) in [6.45, 7) is 0. The average Bonchev–Trinajstić information content (AvgIpc) is 3.38. The molecule has 6 heteroatoms. The van der Waals surface area contributed by atoms with Crippen LogP contribution in [0.4, 0.5) is 0 Å². The van der Waals surface area contributed by atoms with Crippen LogP contribution in [-0.2, 0) is 0 Å². The van der Waals surface area contributed by atoms with E-state index in [1.165, 1.54) is 0 Å². The molecular formula is C26H10N4S2. The van der Waals surface area contributed by atoms with Crippen molar-refractivity contribution in [1.82, 2.24) is 0 Å². The van der Waals surface area contributed by atoms with Crippen molar-refractivity contribution in [2.75, 3.05) is 0 Å². The minimum Gasteiger partial charge on any atom is -0.192 e. The van der Waals surface area contributed by atoms with Gasteiger partial charge in [-0.1, -0.05) is 0 Å². The first-order chi connectivity index (χ1) is 15.6. The molecule has 0 saturated carbocycles. The van der Waals surface area contributed by atoms with Crippen molar-refractivity contribution >= 4 is 76.5 Å². The van der Waals surface area contributed by atoms with Gasteiger partial charge in [-0.2, -0.15) is 21.0 Å². The molecule has 4 nitrogen and oxygen atoms in total. The Morgan fingerprint density at radius 2 is 0.844 bits per heavy atom. The van der Waals surface area contributed by atoms with Gasteiger partial charge in [0.05, 0.1) is 0 Å². The van der Waals surface area contributed by atoms with E-state index in [1.54, 1.807) is 34.8 Å². The third kappa shape index (κ3) is 3.37. The molecule has 5 aromatic rings. The summed E-state index contributed by atoms with van der Waals surface area (Å²) in [6.07, 6.45) is 3.24. The number of fused-ring (bicyclic) bond motifs is 4. The summed E-state index contributed by atoms with van der Waals surface area (Å²) in [4.78, 5) is 1.77. The summed E-state index contributed by atoms with van der Waals surface area (Å²) < 4.78 is 2.20. The molecule has 0 fully saturated rings. The number of hydrogen-bond donors (Lipinski definition) is 0. The van der Waals surface area contributed by atoms with E-state index in [2.05, 4.69) is 36.4 Å². The Bertz CT molecular complexity index is 1570. The van der Waals surface area contributed by atoms with Gasteiger partial charge in [-0.15, -0.1) is 22.7 Å². The van der Waals surface area contributed by atoms with Crippen LogP contribution in [0, 0.1) is 45.3 Å². The van der Waals surface area contributed by atoms with Crippen LogP contribution < -0.4 is 0 Å². The van der Waals surface area contributed by atoms with Crippen LogP contribution in [0.2, 0.25) is 0 Å². The maximum Gasteiger partial charge on any atom is 0.131 e. The Hall–Kier alpha value is -4.46. The Morgan fingerprint density at radius 1 is 0.500 bits per heavy atom. The van der Waals surface area contributed by atoms with Gasteiger partial charge >= 0.3 is 0 Å². The molecule has 146 valence electrons. The summed E-state index contributed by atoms with van der Waals surface area (Å²) in [5, 5.41) is 42.7. The highest BCUT2D eigenvalue weighted by molar-refractivity contribution is 7.20. The second kappa shape index (κ2) is 7.66. The molecule has 0 atom stereocenters. The van der Waals surface area contributed by atoms with Gasteiger partial charge in [0, 0.05) is 19.2 Å². The van der Waals surface area contributed by atoms with Crippen LogP contribution in [0.25, 0.3) is 53.9 Å². The zero-order chi connectivity index (χ0) is 22.2. The Labute approximate surface area is 191 Å². The second-order valence-corrected chi connectivity index (χ2v) is 9.42. The van der Waals surface area contributed by atoms with E-state index in [1.807, 2.05) is 36.4 Å². The minimum atomic E-state index is 0.0952. The first-order valence-electron chi connectivity index (χ1n) is 9.48. The molecule has 0 aliphatic carbocycles. The monoisotopic (exact) mass is 442 g/mol. The predicted molar refractivity (Wildman–Crippen MR) is 131 cm³/mol. The van der Waals surface area contributed by atoms with Gasteiger partial charge in [0.1, 0.15) is 35.4 Å². The zero-order valence-corrected chi connectivity index (χ0v) is 18.0. The lowest BCUT2D eigenvalue weighted by molar-refractivity contribution is 1.47. The first-order valence-corrected chi connectivity index (χ1v) is 11.1. The highest BCUT2D eigenvalue weighted by Gasteiger charge is 2.08. The Morgan fingerprint density at radius 3 is 1.22 bits per heavy atom. The number of nitrogens with zero attached hydrogens (tertiary/aromatic N) is 4. The molecule has 0 aliphatic heterocycles. The molecule has 32 heavy (non-hydrogen) atoms. The van der Waals surface area contributed by atoms with Crippen molar-refractivity contribution < 1.29 is 0 Å². The normalized spacial score (nSPS) is 10.4. The fourth-order valence-electron chi connectivity index (χ4n) is 3.72. The van der Waals surface area contributed by atoms with E-state index < -0.39 is 0 Å². The third-order valence-corrected chi connectivity index (χ3v) is 7.25. The van der Waals surface area contributed by atoms with E-state index in [0.29, 0.717) is 0 Å². The number of benzene rings is 3. The molecule has 0 saturated heterocycles. The predicted octanol–water partition coefficient (Wildman–Crippen LogP) is 7.28. The quantitative estimate of drug-likeness (QED) is 0.212. The smallest absolute Gasteiger partial charge is 0.131 e. The average molecular weight is 443 g/mol. The molecule has 3 aromatic carbocycles. The molecule has 2 heterocycles. The molecule has 2 aromatic heterocycles. The van der Waals surface area contributed by atoms with Crippen LogP contribution in [0.5, 0.6) is 0 Å². The van der Waals surface area contributed by atoms with Crippen molar-refractivity contribution in [1.29, 1.82) is 21.0 Å². The maximum atomic E-state index is 9.01. The maximum absolute atomic E-state index is 9.01. The van der Waals surface area contributed by atoms with Gasteiger partial charge in [0.2, 0.25) is 0 Å². The van der Waals surface area contributed by atoms with Crippen molar-refractivity contribution in [2.45, 2.75) is 0 Å². The third-order valence-electron chi connectivity index (χ3n) is 5.16. The zero-order valence-electron chi connectivity index (χ0n) is 16.4. The molecule has 0 N–H and O–H groups in total. The van der Waals surface area contributed by atoms with Gasteiger partial charge in [-0.3, -0.25) is 0 Å². The molecule has 0 unspecified atom stereocenters. The molecule has 0 spiro atoms. The SMILES string of the molecule is N#CC(C#N)=Cc1cc2cc3cc4cc5sc(C=C(C#N)C#N)cc5cc4cc3cc2s1.